The minimum atomic E-state index is 0.0833. The Labute approximate surface area is 102 Å². The molecule has 1 amide bonds. The van der Waals surface area contributed by atoms with Gasteiger partial charge in [-0.15, -0.1) is 0 Å². The number of amides is 1. The van der Waals surface area contributed by atoms with Gasteiger partial charge in [0.2, 0.25) is 5.91 Å². The first kappa shape index (κ1) is 12.1. The summed E-state index contributed by atoms with van der Waals surface area (Å²) < 4.78 is 1.70. The number of nitrogens with one attached hydrogen (secondary N) is 1. The Balaban J connectivity index is 1.80. The Hall–Kier alpha value is -1.32. The van der Waals surface area contributed by atoms with E-state index in [1.807, 2.05) is 19.2 Å². The SMILES string of the molecule is Cc1ccn(CC(=O)NC2CCCCCC2)n1. The average molecular weight is 235 g/mol. The lowest BCUT2D eigenvalue weighted by molar-refractivity contribution is -0.122. The minimum Gasteiger partial charge on any atom is -0.352 e. The van der Waals surface area contributed by atoms with E-state index in [0.717, 1.165) is 18.5 Å². The zero-order chi connectivity index (χ0) is 12.1. The molecular formula is C13H21N3O. The van der Waals surface area contributed by atoms with Crippen molar-refractivity contribution in [1.29, 1.82) is 0 Å². The van der Waals surface area contributed by atoms with Gasteiger partial charge in [-0.1, -0.05) is 25.7 Å². The first-order valence-corrected chi connectivity index (χ1v) is 6.53. The van der Waals surface area contributed by atoms with Crippen LogP contribution in [0.4, 0.5) is 0 Å². The maximum absolute atomic E-state index is 11.8. The van der Waals surface area contributed by atoms with Gasteiger partial charge in [-0.2, -0.15) is 5.10 Å². The molecule has 1 aromatic rings. The molecule has 0 radical (unpaired) electrons. The number of aryl methyl sites for hydroxylation is 1. The maximum atomic E-state index is 11.8. The number of carbonyl (C=O) groups is 1. The van der Waals surface area contributed by atoms with E-state index in [-0.39, 0.29) is 5.91 Å². The standard InChI is InChI=1S/C13H21N3O/c1-11-8-9-16(15-11)10-13(17)14-12-6-4-2-3-5-7-12/h8-9,12H,2-7,10H2,1H3,(H,14,17). The van der Waals surface area contributed by atoms with Gasteiger partial charge in [-0.05, 0) is 25.8 Å². The van der Waals surface area contributed by atoms with E-state index >= 15 is 0 Å². The lowest BCUT2D eigenvalue weighted by Gasteiger charge is -2.16. The molecule has 0 unspecified atom stereocenters. The summed E-state index contributed by atoms with van der Waals surface area (Å²) >= 11 is 0. The third-order valence-electron chi connectivity index (χ3n) is 3.30. The Bertz CT molecular complexity index is 364. The number of rotatable bonds is 3. The van der Waals surface area contributed by atoms with Crippen molar-refractivity contribution in [1.82, 2.24) is 15.1 Å². The molecule has 0 spiro atoms. The normalized spacial score (nSPS) is 17.7. The molecule has 2 rings (SSSR count). The highest BCUT2D eigenvalue weighted by Gasteiger charge is 2.14. The van der Waals surface area contributed by atoms with E-state index in [1.165, 1.54) is 25.7 Å². The number of carbonyl (C=O) groups excluding carboxylic acids is 1. The molecule has 17 heavy (non-hydrogen) atoms. The molecule has 1 aliphatic carbocycles. The van der Waals surface area contributed by atoms with Crippen molar-refractivity contribution < 1.29 is 4.79 Å². The molecule has 94 valence electrons. The second kappa shape index (κ2) is 5.84. The van der Waals surface area contributed by atoms with Crippen molar-refractivity contribution in [3.63, 3.8) is 0 Å². The molecule has 1 N–H and O–H groups in total. The van der Waals surface area contributed by atoms with Crippen LogP contribution in [0.5, 0.6) is 0 Å². The van der Waals surface area contributed by atoms with Crippen molar-refractivity contribution in [3.8, 4) is 0 Å². The predicted molar refractivity (Wildman–Crippen MR) is 66.6 cm³/mol. The van der Waals surface area contributed by atoms with Crippen molar-refractivity contribution >= 4 is 5.91 Å². The van der Waals surface area contributed by atoms with Crippen LogP contribution in [0.3, 0.4) is 0 Å². The molecular weight excluding hydrogens is 214 g/mol. The monoisotopic (exact) mass is 235 g/mol. The van der Waals surface area contributed by atoms with Crippen LogP contribution < -0.4 is 5.32 Å². The van der Waals surface area contributed by atoms with Gasteiger partial charge in [0.05, 0.1) is 5.69 Å². The Kier molecular flexibility index (Phi) is 4.18. The Morgan fingerprint density at radius 2 is 2.12 bits per heavy atom. The van der Waals surface area contributed by atoms with E-state index in [9.17, 15) is 4.79 Å². The van der Waals surface area contributed by atoms with Gasteiger partial charge >= 0.3 is 0 Å². The lowest BCUT2D eigenvalue weighted by Crippen LogP contribution is -2.36. The molecule has 0 atom stereocenters. The summed E-state index contributed by atoms with van der Waals surface area (Å²) in [6.45, 7) is 2.27. The summed E-state index contributed by atoms with van der Waals surface area (Å²) in [7, 11) is 0. The van der Waals surface area contributed by atoms with Crippen LogP contribution in [0.1, 0.15) is 44.2 Å². The maximum Gasteiger partial charge on any atom is 0.241 e. The fourth-order valence-corrected chi connectivity index (χ4v) is 2.40. The van der Waals surface area contributed by atoms with Crippen LogP contribution >= 0.6 is 0 Å². The Morgan fingerprint density at radius 3 is 2.71 bits per heavy atom. The first-order chi connectivity index (χ1) is 8.24. The molecule has 0 aromatic carbocycles. The second-order valence-corrected chi connectivity index (χ2v) is 4.91. The third-order valence-corrected chi connectivity index (χ3v) is 3.30. The molecule has 4 heteroatoms. The van der Waals surface area contributed by atoms with Gasteiger partial charge < -0.3 is 5.32 Å². The van der Waals surface area contributed by atoms with E-state index in [2.05, 4.69) is 10.4 Å². The van der Waals surface area contributed by atoms with E-state index in [0.29, 0.717) is 12.6 Å². The molecule has 1 fully saturated rings. The number of hydrogen-bond donors (Lipinski definition) is 1. The third kappa shape index (κ3) is 3.88. The van der Waals surface area contributed by atoms with Gasteiger partial charge in [-0.25, -0.2) is 0 Å². The number of nitrogens with zero attached hydrogens (tertiary/aromatic N) is 2. The molecule has 1 heterocycles. The zero-order valence-corrected chi connectivity index (χ0v) is 10.5. The highest BCUT2D eigenvalue weighted by Crippen LogP contribution is 2.17. The quantitative estimate of drug-likeness (QED) is 0.815. The highest BCUT2D eigenvalue weighted by atomic mass is 16.2. The second-order valence-electron chi connectivity index (χ2n) is 4.91. The largest absolute Gasteiger partial charge is 0.352 e. The molecule has 1 aromatic heterocycles. The number of aromatic nitrogens is 2. The van der Waals surface area contributed by atoms with Crippen LogP contribution in [0.25, 0.3) is 0 Å². The van der Waals surface area contributed by atoms with Crippen LogP contribution in [0.2, 0.25) is 0 Å². The lowest BCUT2D eigenvalue weighted by atomic mass is 10.1. The predicted octanol–water partition coefficient (Wildman–Crippen LogP) is 2.03. The number of hydrogen-bond acceptors (Lipinski definition) is 2. The topological polar surface area (TPSA) is 46.9 Å². The van der Waals surface area contributed by atoms with Crippen molar-refractivity contribution in [2.75, 3.05) is 0 Å². The smallest absolute Gasteiger partial charge is 0.241 e. The average Bonchev–Trinajstić information content (AvgIpc) is 2.53. The van der Waals surface area contributed by atoms with E-state index in [1.54, 1.807) is 4.68 Å². The Morgan fingerprint density at radius 1 is 1.41 bits per heavy atom. The fourth-order valence-electron chi connectivity index (χ4n) is 2.40. The molecule has 1 aliphatic rings. The van der Waals surface area contributed by atoms with E-state index in [4.69, 9.17) is 0 Å². The molecule has 4 nitrogen and oxygen atoms in total. The highest BCUT2D eigenvalue weighted by molar-refractivity contribution is 5.75. The van der Waals surface area contributed by atoms with Gasteiger partial charge in [-0.3, -0.25) is 9.48 Å². The molecule has 0 saturated heterocycles. The molecule has 0 aliphatic heterocycles. The van der Waals surface area contributed by atoms with Gasteiger partial charge in [0.15, 0.2) is 0 Å². The van der Waals surface area contributed by atoms with Crippen LogP contribution in [-0.2, 0) is 11.3 Å². The van der Waals surface area contributed by atoms with Gasteiger partial charge in [0.25, 0.3) is 0 Å². The van der Waals surface area contributed by atoms with Crippen molar-refractivity contribution in [2.24, 2.45) is 0 Å². The first-order valence-electron chi connectivity index (χ1n) is 6.53. The molecule has 1 saturated carbocycles. The van der Waals surface area contributed by atoms with Gasteiger partial charge in [0.1, 0.15) is 6.54 Å². The summed E-state index contributed by atoms with van der Waals surface area (Å²) in [5.41, 5.74) is 0.951. The minimum absolute atomic E-state index is 0.0833. The summed E-state index contributed by atoms with van der Waals surface area (Å²) in [5.74, 6) is 0.0833. The molecule has 0 bridgehead atoms. The van der Waals surface area contributed by atoms with Crippen molar-refractivity contribution in [3.05, 3.63) is 18.0 Å². The summed E-state index contributed by atoms with van der Waals surface area (Å²) in [5, 5.41) is 7.33. The summed E-state index contributed by atoms with van der Waals surface area (Å²) in [6, 6.07) is 2.29. The van der Waals surface area contributed by atoms with Gasteiger partial charge in [0, 0.05) is 12.2 Å². The van der Waals surface area contributed by atoms with Crippen LogP contribution in [0.15, 0.2) is 12.3 Å². The fraction of sp³-hybridized carbons (Fsp3) is 0.692. The summed E-state index contributed by atoms with van der Waals surface area (Å²) in [4.78, 5) is 11.8. The van der Waals surface area contributed by atoms with Crippen LogP contribution in [-0.4, -0.2) is 21.7 Å². The summed E-state index contributed by atoms with van der Waals surface area (Å²) in [6.07, 6.45) is 9.21. The zero-order valence-electron chi connectivity index (χ0n) is 10.5. The van der Waals surface area contributed by atoms with E-state index < -0.39 is 0 Å². The van der Waals surface area contributed by atoms with Crippen molar-refractivity contribution in [2.45, 2.75) is 58.0 Å². The van der Waals surface area contributed by atoms with Crippen LogP contribution in [0, 0.1) is 6.92 Å².